The summed E-state index contributed by atoms with van der Waals surface area (Å²) in [5.74, 6) is -1.49. The van der Waals surface area contributed by atoms with E-state index in [1.54, 1.807) is 36.7 Å². The van der Waals surface area contributed by atoms with Gasteiger partial charge < -0.3 is 15.4 Å². The number of aromatic nitrogens is 2. The first kappa shape index (κ1) is 26.7. The monoisotopic (exact) mass is 559 g/mol. The maximum absolute atomic E-state index is 14.0. The molecule has 212 valence electrons. The molecule has 2 fully saturated rings. The summed E-state index contributed by atoms with van der Waals surface area (Å²) in [6, 6.07) is 11.6. The lowest BCUT2D eigenvalue weighted by molar-refractivity contribution is -0.136. The number of amides is 4. The van der Waals surface area contributed by atoms with Crippen molar-refractivity contribution in [2.24, 2.45) is 11.7 Å². The van der Waals surface area contributed by atoms with Crippen LogP contribution >= 0.6 is 0 Å². The predicted octanol–water partition coefficient (Wildman–Crippen LogP) is 3.34. The van der Waals surface area contributed by atoms with E-state index in [1.807, 2.05) is 17.9 Å². The number of imide groups is 1. The maximum atomic E-state index is 14.0. The Morgan fingerprint density at radius 3 is 2.61 bits per heavy atom. The van der Waals surface area contributed by atoms with E-state index in [2.05, 4.69) is 10.4 Å². The van der Waals surface area contributed by atoms with Crippen LogP contribution in [0.5, 0.6) is 0 Å². The molecular formula is C30H30FN5O5. The lowest BCUT2D eigenvalue weighted by Gasteiger charge is -2.31. The number of ether oxygens (including phenoxy) is 1. The van der Waals surface area contributed by atoms with Crippen LogP contribution in [0.1, 0.15) is 55.2 Å². The summed E-state index contributed by atoms with van der Waals surface area (Å²) >= 11 is 0. The Hall–Kier alpha value is -4.54. The lowest BCUT2D eigenvalue weighted by atomic mass is 9.93. The molecule has 4 amide bonds. The molecule has 6 rings (SSSR count). The number of nitrogens with one attached hydrogen (secondary N) is 1. The summed E-state index contributed by atoms with van der Waals surface area (Å²) in [7, 11) is 0. The fourth-order valence-corrected chi connectivity index (χ4v) is 6.10. The first-order valence-corrected chi connectivity index (χ1v) is 13.7. The van der Waals surface area contributed by atoms with E-state index in [4.69, 9.17) is 10.5 Å². The lowest BCUT2D eigenvalue weighted by Crippen LogP contribution is -2.40. The van der Waals surface area contributed by atoms with Gasteiger partial charge in [-0.05, 0) is 60.4 Å². The van der Waals surface area contributed by atoms with Gasteiger partial charge in [0.25, 0.3) is 5.91 Å². The van der Waals surface area contributed by atoms with Crippen molar-refractivity contribution < 1.29 is 28.3 Å². The van der Waals surface area contributed by atoms with Crippen molar-refractivity contribution in [3.8, 4) is 11.1 Å². The van der Waals surface area contributed by atoms with Crippen LogP contribution < -0.4 is 11.1 Å². The van der Waals surface area contributed by atoms with Gasteiger partial charge in [0, 0.05) is 42.8 Å². The molecule has 11 heteroatoms. The van der Waals surface area contributed by atoms with Crippen LogP contribution in [0.4, 0.5) is 9.18 Å². The molecule has 3 aliphatic rings. The molecular weight excluding hydrogens is 529 g/mol. The van der Waals surface area contributed by atoms with Crippen molar-refractivity contribution in [1.29, 1.82) is 0 Å². The number of hydrogen-bond donors (Lipinski definition) is 2. The Morgan fingerprint density at radius 1 is 1.20 bits per heavy atom. The number of carbonyl (C=O) groups excluding carboxylic acids is 4. The second-order valence-electron chi connectivity index (χ2n) is 11.2. The second kappa shape index (κ2) is 10.1. The number of nitrogens with zero attached hydrogens (tertiary/aromatic N) is 3. The standard InChI is InChI=1S/C30H30FN5O5/c1-17(19-4-5-19)36(14-18-2-7-23(31)8-3-18)27(38)11-21-12-30(28(39)34-29(40)41-30)25-9-6-20(10-24(21)25)22-13-33-35(15-22)16-26(32)37/h2-3,6-10,13,15,17,19,21H,4-5,11-12,14,16H2,1H3,(H2,32,37)(H,34,39,40)/t17-,21?,30+/m0/s1. The van der Waals surface area contributed by atoms with Gasteiger partial charge in [0.2, 0.25) is 17.4 Å². The fourth-order valence-electron chi connectivity index (χ4n) is 6.10. The van der Waals surface area contributed by atoms with Gasteiger partial charge in [0.15, 0.2) is 0 Å². The second-order valence-corrected chi connectivity index (χ2v) is 11.2. The first-order chi connectivity index (χ1) is 19.6. The third-order valence-electron chi connectivity index (χ3n) is 8.40. The molecule has 2 heterocycles. The van der Waals surface area contributed by atoms with Crippen LogP contribution in [-0.4, -0.2) is 44.5 Å². The number of nitrogens with two attached hydrogens (primary N) is 1. The van der Waals surface area contributed by atoms with E-state index < -0.39 is 29.4 Å². The molecule has 0 bridgehead atoms. The number of fused-ring (bicyclic) bond motifs is 2. The minimum Gasteiger partial charge on any atom is -0.427 e. The molecule has 0 radical (unpaired) electrons. The smallest absolute Gasteiger partial charge is 0.415 e. The first-order valence-electron chi connectivity index (χ1n) is 13.7. The summed E-state index contributed by atoms with van der Waals surface area (Å²) in [6.45, 7) is 2.32. The van der Waals surface area contributed by atoms with Crippen molar-refractivity contribution in [1.82, 2.24) is 20.0 Å². The average molecular weight is 560 g/mol. The Balaban J connectivity index is 1.32. The van der Waals surface area contributed by atoms with Crippen molar-refractivity contribution in [2.45, 2.75) is 63.3 Å². The molecule has 2 aliphatic carbocycles. The molecule has 1 saturated heterocycles. The van der Waals surface area contributed by atoms with E-state index in [9.17, 15) is 23.6 Å². The SMILES string of the molecule is C[C@@H](C1CC1)N(Cc1ccc(F)cc1)C(=O)CC1C[C@@]2(OC(=O)NC2=O)c2ccc(-c3cnn(CC(N)=O)c3)cc21. The number of rotatable bonds is 9. The van der Waals surface area contributed by atoms with Crippen LogP contribution in [0.3, 0.4) is 0 Å². The number of halogens is 1. The maximum Gasteiger partial charge on any atom is 0.415 e. The van der Waals surface area contributed by atoms with Crippen LogP contribution in [0.25, 0.3) is 11.1 Å². The summed E-state index contributed by atoms with van der Waals surface area (Å²) < 4.78 is 20.6. The molecule has 1 aliphatic heterocycles. The Morgan fingerprint density at radius 2 is 1.95 bits per heavy atom. The molecule has 3 aromatic rings. The number of hydrogen-bond acceptors (Lipinski definition) is 6. The molecule has 1 unspecified atom stereocenters. The molecule has 3 atom stereocenters. The van der Waals surface area contributed by atoms with Gasteiger partial charge in [-0.1, -0.05) is 30.3 Å². The van der Waals surface area contributed by atoms with E-state index in [0.29, 0.717) is 18.0 Å². The van der Waals surface area contributed by atoms with E-state index in [0.717, 1.165) is 35.1 Å². The number of benzene rings is 2. The van der Waals surface area contributed by atoms with Crippen molar-refractivity contribution >= 4 is 23.8 Å². The zero-order valence-corrected chi connectivity index (χ0v) is 22.5. The Labute approximate surface area is 235 Å². The largest absolute Gasteiger partial charge is 0.427 e. The quantitative estimate of drug-likeness (QED) is 0.413. The summed E-state index contributed by atoms with van der Waals surface area (Å²) in [6.07, 6.45) is 4.82. The van der Waals surface area contributed by atoms with E-state index in [-0.39, 0.29) is 37.2 Å². The Kier molecular flexibility index (Phi) is 6.59. The minimum atomic E-state index is -1.50. The fraction of sp³-hybridized carbons (Fsp3) is 0.367. The van der Waals surface area contributed by atoms with Gasteiger partial charge >= 0.3 is 6.09 Å². The molecule has 10 nitrogen and oxygen atoms in total. The number of primary amides is 1. The number of alkyl carbamates (subject to hydrolysis) is 1. The third kappa shape index (κ3) is 5.07. The molecule has 3 N–H and O–H groups in total. The van der Waals surface area contributed by atoms with Gasteiger partial charge in [-0.3, -0.25) is 24.4 Å². The highest BCUT2D eigenvalue weighted by Gasteiger charge is 2.57. The minimum absolute atomic E-state index is 0.00239. The Bertz CT molecular complexity index is 1550. The van der Waals surface area contributed by atoms with E-state index in [1.165, 1.54) is 16.8 Å². The zero-order valence-electron chi connectivity index (χ0n) is 22.5. The summed E-state index contributed by atoms with van der Waals surface area (Å²) in [5.41, 5.74) is 7.41. The van der Waals surface area contributed by atoms with Crippen LogP contribution in [0.15, 0.2) is 54.9 Å². The molecule has 1 saturated carbocycles. The molecule has 1 aromatic heterocycles. The zero-order chi connectivity index (χ0) is 28.9. The molecule has 41 heavy (non-hydrogen) atoms. The van der Waals surface area contributed by atoms with Gasteiger partial charge in [-0.25, -0.2) is 9.18 Å². The van der Waals surface area contributed by atoms with Gasteiger partial charge in [0.1, 0.15) is 12.4 Å². The molecule has 1 spiro atoms. The van der Waals surface area contributed by atoms with Crippen molar-refractivity contribution in [2.75, 3.05) is 0 Å². The predicted molar refractivity (Wildman–Crippen MR) is 144 cm³/mol. The van der Waals surface area contributed by atoms with Crippen molar-refractivity contribution in [3.63, 3.8) is 0 Å². The highest BCUT2D eigenvalue weighted by Crippen LogP contribution is 2.51. The average Bonchev–Trinajstić information content (AvgIpc) is 3.52. The van der Waals surface area contributed by atoms with Crippen molar-refractivity contribution in [3.05, 3.63) is 77.4 Å². The molecule has 2 aromatic carbocycles. The topological polar surface area (TPSA) is 137 Å². The van der Waals surface area contributed by atoms with Crippen LogP contribution in [0.2, 0.25) is 0 Å². The van der Waals surface area contributed by atoms with Crippen LogP contribution in [-0.2, 0) is 37.8 Å². The number of carbonyl (C=O) groups is 4. The third-order valence-corrected chi connectivity index (χ3v) is 8.40. The summed E-state index contributed by atoms with van der Waals surface area (Å²) in [5, 5.41) is 6.45. The van der Waals surface area contributed by atoms with E-state index >= 15 is 0 Å². The van der Waals surface area contributed by atoms with Gasteiger partial charge in [-0.2, -0.15) is 5.10 Å². The highest BCUT2D eigenvalue weighted by atomic mass is 19.1. The summed E-state index contributed by atoms with van der Waals surface area (Å²) in [4.78, 5) is 52.3. The van der Waals surface area contributed by atoms with Gasteiger partial charge in [0.05, 0.1) is 6.20 Å². The van der Waals surface area contributed by atoms with Gasteiger partial charge in [-0.15, -0.1) is 0 Å². The highest BCUT2D eigenvalue weighted by molar-refractivity contribution is 6.04. The normalized spacial score (nSPS) is 21.9. The van der Waals surface area contributed by atoms with Crippen LogP contribution in [0, 0.1) is 11.7 Å².